The lowest BCUT2D eigenvalue weighted by Crippen LogP contribution is -2.41. The maximum absolute atomic E-state index is 13.4. The molecule has 90 heavy (non-hydrogen) atoms. The molecule has 3 unspecified atom stereocenters. The number of carboxylic acids is 1. The Morgan fingerprint density at radius 1 is 0.633 bits per heavy atom. The third-order valence-corrected chi connectivity index (χ3v) is 19.1. The maximum atomic E-state index is 13.4. The number of allylic oxidation sites excluding steroid dienone is 7. The minimum Gasteiger partial charge on any atom is -0.481 e. The molecule has 0 bridgehead atoms. The Labute approximate surface area is 522 Å². The number of aliphatic imine (C=N–C) groups is 1. The van der Waals surface area contributed by atoms with Gasteiger partial charge in [-0.25, -0.2) is 4.98 Å². The molecular weight excluding hydrogens is 1280 g/mol. The standard InChI is InChI=1S/C56H74N8O21S5/c1-55(2)40-30-36(38-32-42(51(67)57-19-26-87(74,75)76)61-43(33-38)52(68)58-20-27-88(77,78)79)15-17-46(40)63(23-10-6-9-14-50(65)66)48(55)12-7-5-8-13-49-56(3,4)41-31-37(16-18-47(41)64(49)24-11-25-86(71,72)73)39-34-44(53(69)59-21-28-89(80,81)82)62-45(35-39)54(70)60-22-29-90(83,84)85/h5,7-8,12-13,15-18,30,32-34,37,45,49H,6,9-11,14,19-29,31,35H2,1-4H3,(H,57,67)(H,58,68)(H,59,69)(H,60,70)(H,65,66)(H,71,72,73)(H,74,75,76)(H,77,78,79)(H,80,81,82)(H,83,84,85). The Kier molecular flexibility index (Phi) is 23.6. The number of benzene rings is 1. The number of nitrogens with one attached hydrogen (secondary N) is 4. The zero-order valence-corrected chi connectivity index (χ0v) is 53.7. The average Bonchev–Trinajstić information content (AvgIpc) is 1.59. The van der Waals surface area contributed by atoms with Crippen LogP contribution in [0.3, 0.4) is 0 Å². The van der Waals surface area contributed by atoms with Gasteiger partial charge in [0.15, 0.2) is 0 Å². The lowest BCUT2D eigenvalue weighted by Gasteiger charge is -2.34. The number of anilines is 1. The number of nitrogens with zero attached hydrogens (tertiary/aromatic N) is 4. The van der Waals surface area contributed by atoms with Crippen molar-refractivity contribution in [2.75, 3.05) is 72.9 Å². The molecule has 0 saturated carbocycles. The van der Waals surface area contributed by atoms with Crippen molar-refractivity contribution in [3.05, 3.63) is 118 Å². The summed E-state index contributed by atoms with van der Waals surface area (Å²) in [4.78, 5) is 77.4. The van der Waals surface area contributed by atoms with Crippen molar-refractivity contribution in [2.45, 2.75) is 90.1 Å². The fourth-order valence-corrected chi connectivity index (χ4v) is 12.9. The fourth-order valence-electron chi connectivity index (χ4n) is 11.0. The van der Waals surface area contributed by atoms with Crippen LogP contribution in [0.5, 0.6) is 0 Å². The van der Waals surface area contributed by atoms with Crippen molar-refractivity contribution >= 4 is 91.6 Å². The largest absolute Gasteiger partial charge is 0.481 e. The van der Waals surface area contributed by atoms with Crippen LogP contribution in [0.1, 0.15) is 99.2 Å². The molecule has 0 fully saturated rings. The monoisotopic (exact) mass is 1350 g/mol. The van der Waals surface area contributed by atoms with E-state index in [9.17, 15) is 93.9 Å². The SMILES string of the molecule is CC1(C)C(=CC=CC=CC2N(CCCS(=O)(=O)O)C3=C(CC(C4=CC(C(=O)NCCS(=O)(=O)O)=NC(C(=O)NCCS(=O)(=O)O)C4)C=C3)C2(C)C)N(CCCCCC(=O)O)c2ccc(-c3cc(C(=O)NCCS(=O)(=O)O)nc(C(=O)NCCS(=O)(=O)O)c3)cc21. The summed E-state index contributed by atoms with van der Waals surface area (Å²) in [6.07, 6.45) is 16.4. The predicted molar refractivity (Wildman–Crippen MR) is 332 cm³/mol. The number of hydrogen-bond donors (Lipinski definition) is 10. The van der Waals surface area contributed by atoms with E-state index in [2.05, 4.69) is 36.1 Å². The van der Waals surface area contributed by atoms with Crippen molar-refractivity contribution in [3.8, 4) is 11.1 Å². The highest BCUT2D eigenvalue weighted by Gasteiger charge is 2.46. The molecule has 1 aliphatic carbocycles. The Morgan fingerprint density at radius 3 is 1.74 bits per heavy atom. The Hall–Kier alpha value is -7.02. The van der Waals surface area contributed by atoms with E-state index in [0.717, 1.165) is 28.2 Å². The van der Waals surface area contributed by atoms with Crippen molar-refractivity contribution in [1.29, 1.82) is 0 Å². The molecule has 1 aromatic heterocycles. The van der Waals surface area contributed by atoms with Gasteiger partial charge in [0.2, 0.25) is 5.91 Å². The first-order valence-corrected chi connectivity index (χ1v) is 36.3. The Bertz CT molecular complexity index is 3880. The number of aromatic nitrogens is 1. The van der Waals surface area contributed by atoms with Gasteiger partial charge in [-0.05, 0) is 90.4 Å². The normalized spacial score (nSPS) is 19.6. The molecule has 0 saturated heterocycles. The van der Waals surface area contributed by atoms with E-state index >= 15 is 0 Å². The fraction of sp³-hybridized carbons (Fsp3) is 0.482. The Balaban J connectivity index is 1.31. The summed E-state index contributed by atoms with van der Waals surface area (Å²) < 4.78 is 162. The molecule has 3 aliphatic heterocycles. The van der Waals surface area contributed by atoms with E-state index in [1.807, 2.05) is 87.3 Å². The minimum atomic E-state index is -4.47. The zero-order valence-electron chi connectivity index (χ0n) is 49.6. The van der Waals surface area contributed by atoms with Gasteiger partial charge in [-0.2, -0.15) is 42.1 Å². The predicted octanol–water partition coefficient (Wildman–Crippen LogP) is 2.69. The van der Waals surface area contributed by atoms with Crippen molar-refractivity contribution < 1.29 is 93.9 Å². The zero-order chi connectivity index (χ0) is 66.8. The van der Waals surface area contributed by atoms with Gasteiger partial charge in [0.25, 0.3) is 68.3 Å². The number of aliphatic carboxylic acids is 1. The number of dihydropyridines is 1. The number of unbranched alkanes of at least 4 members (excludes halogenated alkanes) is 2. The van der Waals surface area contributed by atoms with E-state index in [4.69, 9.17) is 0 Å². The van der Waals surface area contributed by atoms with Gasteiger partial charge >= 0.3 is 5.97 Å². The number of amides is 4. The molecule has 10 N–H and O–H groups in total. The van der Waals surface area contributed by atoms with Gasteiger partial charge in [0.1, 0.15) is 23.1 Å². The molecular formula is C56H74N8O21S5. The van der Waals surface area contributed by atoms with Gasteiger partial charge < -0.3 is 36.2 Å². The molecule has 4 heterocycles. The quantitative estimate of drug-likeness (QED) is 0.0295. The smallest absolute Gasteiger partial charge is 0.303 e. The first-order chi connectivity index (χ1) is 41.7. The molecule has 0 spiro atoms. The van der Waals surface area contributed by atoms with Gasteiger partial charge in [0, 0.05) is 85.9 Å². The molecule has 29 nitrogen and oxygen atoms in total. The number of carboxylic acid groups (broad SMARTS) is 1. The maximum Gasteiger partial charge on any atom is 0.303 e. The van der Waals surface area contributed by atoms with E-state index < -0.39 is 164 Å². The number of pyridine rings is 1. The highest BCUT2D eigenvalue weighted by atomic mass is 32.2. The number of carbonyl (C=O) groups excluding carboxylic acids is 4. The molecule has 4 amide bonds. The average molecular weight is 1360 g/mol. The molecule has 6 rings (SSSR count). The van der Waals surface area contributed by atoms with E-state index in [-0.39, 0.29) is 42.9 Å². The molecule has 494 valence electrons. The van der Waals surface area contributed by atoms with Crippen LogP contribution in [0.15, 0.2) is 106 Å². The first kappa shape index (κ1) is 72.0. The van der Waals surface area contributed by atoms with Gasteiger partial charge in [0.05, 0.1) is 34.8 Å². The van der Waals surface area contributed by atoms with E-state index in [1.165, 1.54) is 18.2 Å². The summed E-state index contributed by atoms with van der Waals surface area (Å²) in [6, 6.07) is 6.48. The van der Waals surface area contributed by atoms with Crippen LogP contribution in [-0.2, 0) is 70.4 Å². The third kappa shape index (κ3) is 20.8. The number of hydrogen-bond acceptors (Lipinski definition) is 19. The van der Waals surface area contributed by atoms with Crippen LogP contribution in [0, 0.1) is 11.3 Å². The van der Waals surface area contributed by atoms with E-state index in [1.54, 1.807) is 6.07 Å². The summed E-state index contributed by atoms with van der Waals surface area (Å²) in [5.41, 5.74) is 3.10. The second-order valence-electron chi connectivity index (χ2n) is 22.9. The van der Waals surface area contributed by atoms with Crippen LogP contribution in [0.4, 0.5) is 5.69 Å². The van der Waals surface area contributed by atoms with Gasteiger partial charge in [-0.3, -0.25) is 51.7 Å². The highest BCUT2D eigenvalue weighted by Crippen LogP contribution is 2.52. The summed E-state index contributed by atoms with van der Waals surface area (Å²) >= 11 is 0. The van der Waals surface area contributed by atoms with Gasteiger partial charge in [-0.15, -0.1) is 0 Å². The summed E-state index contributed by atoms with van der Waals surface area (Å²) in [5, 5.41) is 18.8. The third-order valence-electron chi connectivity index (χ3n) is 15.4. The van der Waals surface area contributed by atoms with Gasteiger partial charge in [-0.1, -0.05) is 76.1 Å². The highest BCUT2D eigenvalue weighted by molar-refractivity contribution is 7.86. The molecule has 34 heteroatoms. The van der Waals surface area contributed by atoms with Crippen LogP contribution in [0.25, 0.3) is 11.1 Å². The lowest BCUT2D eigenvalue weighted by molar-refractivity contribution is -0.137. The lowest BCUT2D eigenvalue weighted by atomic mass is 9.72. The minimum absolute atomic E-state index is 0.0200. The number of rotatable bonds is 31. The van der Waals surface area contributed by atoms with Crippen LogP contribution < -0.4 is 26.2 Å². The Morgan fingerprint density at radius 2 is 1.19 bits per heavy atom. The van der Waals surface area contributed by atoms with E-state index in [0.29, 0.717) is 48.9 Å². The van der Waals surface area contributed by atoms with Crippen molar-refractivity contribution in [2.24, 2.45) is 16.3 Å². The number of carbonyl (C=O) groups is 5. The molecule has 2 aromatic rings. The van der Waals surface area contributed by atoms with Crippen molar-refractivity contribution in [1.82, 2.24) is 31.2 Å². The van der Waals surface area contributed by atoms with Crippen molar-refractivity contribution in [3.63, 3.8) is 0 Å². The topological polar surface area (TPSA) is 457 Å². The van der Waals surface area contributed by atoms with Crippen LogP contribution >= 0.6 is 0 Å². The second-order valence-corrected chi connectivity index (χ2v) is 30.7. The molecule has 1 aromatic carbocycles. The molecule has 4 aliphatic rings. The summed E-state index contributed by atoms with van der Waals surface area (Å²) in [5.74, 6) is -8.59. The second kappa shape index (κ2) is 29.5. The van der Waals surface area contributed by atoms with Crippen LogP contribution in [0.2, 0.25) is 0 Å². The molecule has 0 radical (unpaired) electrons. The number of fused-ring (bicyclic) bond motifs is 1. The summed E-state index contributed by atoms with van der Waals surface area (Å²) in [6.45, 7) is 6.62. The van der Waals surface area contributed by atoms with Crippen LogP contribution in [-0.4, -0.2) is 195 Å². The first-order valence-electron chi connectivity index (χ1n) is 28.3. The molecule has 3 atom stereocenters. The summed E-state index contributed by atoms with van der Waals surface area (Å²) in [7, 11) is -22.2.